The third kappa shape index (κ3) is 2.16. The SMILES string of the molecule is CSc1ncc2c(n1)N(C)C(=O)N(C(C)(C)C)C2. The number of hydrogen-bond donors (Lipinski definition) is 0. The molecule has 2 rings (SSSR count). The molecule has 0 radical (unpaired) electrons. The number of hydrogen-bond acceptors (Lipinski definition) is 4. The lowest BCUT2D eigenvalue weighted by atomic mass is 10.0. The standard InChI is InChI=1S/C12H18N4OS/c1-12(2,3)16-7-8-6-13-10(18-5)14-9(8)15(4)11(16)17/h6H,7H2,1-5H3. The second kappa shape index (κ2) is 4.42. The van der Waals surface area contributed by atoms with Crippen LogP contribution in [0.1, 0.15) is 26.3 Å². The van der Waals surface area contributed by atoms with Gasteiger partial charge in [0, 0.05) is 24.3 Å². The maximum Gasteiger partial charge on any atom is 0.326 e. The molecule has 2 heterocycles. The molecule has 0 saturated heterocycles. The maximum atomic E-state index is 12.3. The van der Waals surface area contributed by atoms with Crippen LogP contribution in [0.3, 0.4) is 0 Å². The summed E-state index contributed by atoms with van der Waals surface area (Å²) >= 11 is 1.48. The van der Waals surface area contributed by atoms with Gasteiger partial charge in [0.1, 0.15) is 5.82 Å². The molecule has 2 amide bonds. The Morgan fingerprint density at radius 2 is 2.06 bits per heavy atom. The van der Waals surface area contributed by atoms with Crippen molar-refractivity contribution in [2.24, 2.45) is 0 Å². The van der Waals surface area contributed by atoms with Crippen molar-refractivity contribution in [3.8, 4) is 0 Å². The van der Waals surface area contributed by atoms with Gasteiger partial charge in [-0.05, 0) is 27.0 Å². The smallest absolute Gasteiger partial charge is 0.315 e. The number of anilines is 1. The molecular formula is C12H18N4OS. The Morgan fingerprint density at radius 3 is 2.61 bits per heavy atom. The van der Waals surface area contributed by atoms with Crippen molar-refractivity contribution >= 4 is 23.6 Å². The van der Waals surface area contributed by atoms with E-state index < -0.39 is 0 Å². The summed E-state index contributed by atoms with van der Waals surface area (Å²) in [6.07, 6.45) is 3.74. The van der Waals surface area contributed by atoms with Crippen molar-refractivity contribution in [1.82, 2.24) is 14.9 Å². The summed E-state index contributed by atoms with van der Waals surface area (Å²) in [4.78, 5) is 24.4. The number of carbonyl (C=O) groups excluding carboxylic acids is 1. The highest BCUT2D eigenvalue weighted by atomic mass is 32.2. The summed E-state index contributed by atoms with van der Waals surface area (Å²) < 4.78 is 0. The molecule has 0 aromatic carbocycles. The summed E-state index contributed by atoms with van der Waals surface area (Å²) in [7, 11) is 1.76. The van der Waals surface area contributed by atoms with Crippen molar-refractivity contribution in [1.29, 1.82) is 0 Å². The second-order valence-corrected chi connectivity index (χ2v) is 6.08. The van der Waals surface area contributed by atoms with E-state index >= 15 is 0 Å². The lowest BCUT2D eigenvalue weighted by Gasteiger charge is -2.41. The largest absolute Gasteiger partial charge is 0.326 e. The van der Waals surface area contributed by atoms with Gasteiger partial charge in [-0.2, -0.15) is 0 Å². The first-order valence-corrected chi connectivity index (χ1v) is 7.02. The second-order valence-electron chi connectivity index (χ2n) is 5.30. The monoisotopic (exact) mass is 266 g/mol. The van der Waals surface area contributed by atoms with Gasteiger partial charge >= 0.3 is 6.03 Å². The fraction of sp³-hybridized carbons (Fsp3) is 0.583. The van der Waals surface area contributed by atoms with E-state index in [9.17, 15) is 4.79 Å². The first-order valence-electron chi connectivity index (χ1n) is 5.80. The Kier molecular flexibility index (Phi) is 3.23. The van der Waals surface area contributed by atoms with Crippen LogP contribution >= 0.6 is 11.8 Å². The number of fused-ring (bicyclic) bond motifs is 1. The first kappa shape index (κ1) is 13.1. The zero-order valence-corrected chi connectivity index (χ0v) is 12.2. The molecule has 5 nitrogen and oxygen atoms in total. The molecule has 0 unspecified atom stereocenters. The van der Waals surface area contributed by atoms with E-state index in [0.717, 1.165) is 11.4 Å². The highest BCUT2D eigenvalue weighted by Crippen LogP contribution is 2.30. The number of carbonyl (C=O) groups is 1. The van der Waals surface area contributed by atoms with Gasteiger partial charge in [-0.3, -0.25) is 4.90 Å². The van der Waals surface area contributed by atoms with Crippen LogP contribution in [0.5, 0.6) is 0 Å². The number of amides is 2. The fourth-order valence-electron chi connectivity index (χ4n) is 1.92. The molecule has 0 spiro atoms. The van der Waals surface area contributed by atoms with E-state index in [4.69, 9.17) is 0 Å². The molecule has 0 saturated carbocycles. The minimum Gasteiger partial charge on any atom is -0.315 e. The first-order chi connectivity index (χ1) is 8.34. The third-order valence-electron chi connectivity index (χ3n) is 2.98. The fourth-order valence-corrected chi connectivity index (χ4v) is 2.25. The van der Waals surface area contributed by atoms with Crippen molar-refractivity contribution in [2.45, 2.75) is 38.0 Å². The Labute approximate surface area is 112 Å². The predicted octanol–water partition coefficient (Wildman–Crippen LogP) is 2.37. The van der Waals surface area contributed by atoms with Crippen LogP contribution in [-0.4, -0.2) is 39.7 Å². The Hall–Kier alpha value is -1.30. The number of thioether (sulfide) groups is 1. The number of urea groups is 1. The highest BCUT2D eigenvalue weighted by molar-refractivity contribution is 7.98. The quantitative estimate of drug-likeness (QED) is 0.578. The number of rotatable bonds is 1. The van der Waals surface area contributed by atoms with Crippen LogP contribution in [0, 0.1) is 0 Å². The molecule has 0 aliphatic carbocycles. The van der Waals surface area contributed by atoms with Gasteiger partial charge in [-0.1, -0.05) is 11.8 Å². The van der Waals surface area contributed by atoms with Crippen molar-refractivity contribution < 1.29 is 4.79 Å². The third-order valence-corrected chi connectivity index (χ3v) is 3.54. The van der Waals surface area contributed by atoms with Gasteiger partial charge in [0.15, 0.2) is 5.16 Å². The molecule has 1 aliphatic heterocycles. The lowest BCUT2D eigenvalue weighted by Crippen LogP contribution is -2.53. The predicted molar refractivity (Wildman–Crippen MR) is 72.9 cm³/mol. The molecular weight excluding hydrogens is 248 g/mol. The van der Waals surface area contributed by atoms with Crippen LogP contribution in [0.25, 0.3) is 0 Å². The average molecular weight is 266 g/mol. The number of nitrogens with zero attached hydrogens (tertiary/aromatic N) is 4. The van der Waals surface area contributed by atoms with Crippen LogP contribution in [0.2, 0.25) is 0 Å². The van der Waals surface area contributed by atoms with Crippen LogP contribution < -0.4 is 4.90 Å². The Bertz CT molecular complexity index is 483. The van der Waals surface area contributed by atoms with E-state index in [0.29, 0.717) is 11.7 Å². The zero-order chi connectivity index (χ0) is 13.5. The van der Waals surface area contributed by atoms with E-state index in [1.807, 2.05) is 38.1 Å². The Morgan fingerprint density at radius 1 is 1.39 bits per heavy atom. The molecule has 98 valence electrons. The van der Waals surface area contributed by atoms with Crippen molar-refractivity contribution in [3.05, 3.63) is 11.8 Å². The highest BCUT2D eigenvalue weighted by Gasteiger charge is 2.35. The van der Waals surface area contributed by atoms with Crippen LogP contribution in [0.15, 0.2) is 11.4 Å². The minimum atomic E-state index is -0.207. The topological polar surface area (TPSA) is 49.3 Å². The molecule has 1 aromatic rings. The zero-order valence-electron chi connectivity index (χ0n) is 11.4. The summed E-state index contributed by atoms with van der Waals surface area (Å²) in [5, 5.41) is 0.692. The van der Waals surface area contributed by atoms with Gasteiger partial charge in [0.25, 0.3) is 0 Å². The summed E-state index contributed by atoms with van der Waals surface area (Å²) in [6, 6.07) is -0.0132. The molecule has 1 aliphatic rings. The normalized spacial score (nSPS) is 15.9. The molecule has 6 heteroatoms. The van der Waals surface area contributed by atoms with E-state index in [-0.39, 0.29) is 11.6 Å². The summed E-state index contributed by atoms with van der Waals surface area (Å²) in [5.74, 6) is 0.722. The molecule has 0 atom stereocenters. The maximum absolute atomic E-state index is 12.3. The Balaban J connectivity index is 2.44. The van der Waals surface area contributed by atoms with E-state index in [2.05, 4.69) is 9.97 Å². The van der Waals surface area contributed by atoms with Crippen molar-refractivity contribution in [3.63, 3.8) is 0 Å². The molecule has 0 N–H and O–H groups in total. The molecule has 18 heavy (non-hydrogen) atoms. The van der Waals surface area contributed by atoms with Gasteiger partial charge in [0.05, 0.1) is 6.54 Å². The van der Waals surface area contributed by atoms with Gasteiger partial charge in [-0.25, -0.2) is 14.8 Å². The average Bonchev–Trinajstić information content (AvgIpc) is 2.32. The van der Waals surface area contributed by atoms with E-state index in [1.165, 1.54) is 11.8 Å². The molecule has 1 aromatic heterocycles. The molecule has 0 bridgehead atoms. The summed E-state index contributed by atoms with van der Waals surface area (Å²) in [5.41, 5.74) is 0.783. The van der Waals surface area contributed by atoms with Gasteiger partial charge in [0.2, 0.25) is 0 Å². The van der Waals surface area contributed by atoms with Crippen LogP contribution in [-0.2, 0) is 6.54 Å². The van der Waals surface area contributed by atoms with Gasteiger partial charge < -0.3 is 4.90 Å². The van der Waals surface area contributed by atoms with Crippen molar-refractivity contribution in [2.75, 3.05) is 18.2 Å². The lowest BCUT2D eigenvalue weighted by molar-refractivity contribution is 0.142. The molecule has 0 fully saturated rings. The number of aromatic nitrogens is 2. The van der Waals surface area contributed by atoms with E-state index in [1.54, 1.807) is 11.9 Å². The van der Waals surface area contributed by atoms with Crippen LogP contribution in [0.4, 0.5) is 10.6 Å². The minimum absolute atomic E-state index is 0.0132. The van der Waals surface area contributed by atoms with Gasteiger partial charge in [-0.15, -0.1) is 0 Å². The summed E-state index contributed by atoms with van der Waals surface area (Å²) in [6.45, 7) is 6.65.